The summed E-state index contributed by atoms with van der Waals surface area (Å²) >= 11 is 0. The number of hydrogen-bond acceptors (Lipinski definition) is 6. The largest absolute Gasteiger partial charge is 0.394 e. The molecule has 0 unspecified atom stereocenters. The Balaban J connectivity index is 1.24. The summed E-state index contributed by atoms with van der Waals surface area (Å²) in [5.41, 5.74) is 2.19. The van der Waals surface area contributed by atoms with E-state index in [2.05, 4.69) is 47.6 Å². The van der Waals surface area contributed by atoms with Crippen LogP contribution in [0.4, 0.5) is 0 Å². The Kier molecular flexibility index (Phi) is 9.71. The number of hydrogen-bond donors (Lipinski definition) is 4. The van der Waals surface area contributed by atoms with E-state index in [0.717, 1.165) is 60.7 Å². The lowest BCUT2D eigenvalue weighted by molar-refractivity contribution is -0.313. The third-order valence-electron chi connectivity index (χ3n) is 13.5. The van der Waals surface area contributed by atoms with Crippen molar-refractivity contribution in [2.24, 2.45) is 52.3 Å². The Morgan fingerprint density at radius 2 is 1.71 bits per heavy atom. The van der Waals surface area contributed by atoms with Crippen LogP contribution >= 0.6 is 0 Å². The van der Waals surface area contributed by atoms with Gasteiger partial charge in [-0.25, -0.2) is 0 Å². The zero-order valence-electron chi connectivity index (χ0n) is 26.7. The molecule has 6 heteroatoms. The Bertz CT molecular complexity index is 918. The van der Waals surface area contributed by atoms with Crippen molar-refractivity contribution in [2.45, 2.75) is 149 Å². The number of ether oxygens (including phenoxy) is 2. The minimum Gasteiger partial charge on any atom is -0.394 e. The van der Waals surface area contributed by atoms with Gasteiger partial charge in [0, 0.05) is 0 Å². The van der Waals surface area contributed by atoms with Crippen LogP contribution in [0.25, 0.3) is 0 Å². The van der Waals surface area contributed by atoms with Crippen LogP contribution in [0, 0.1) is 52.3 Å². The van der Waals surface area contributed by atoms with Crippen LogP contribution in [0.3, 0.4) is 0 Å². The second-order valence-corrected chi connectivity index (χ2v) is 15.7. The van der Waals surface area contributed by atoms with Gasteiger partial charge in [-0.1, -0.05) is 66.0 Å². The maximum absolute atomic E-state index is 10.5. The van der Waals surface area contributed by atoms with Gasteiger partial charge < -0.3 is 29.9 Å². The highest BCUT2D eigenvalue weighted by molar-refractivity contribution is 5.25. The van der Waals surface area contributed by atoms with Crippen LogP contribution in [-0.4, -0.2) is 63.8 Å². The first-order valence-corrected chi connectivity index (χ1v) is 17.1. The Morgan fingerprint density at radius 3 is 2.39 bits per heavy atom. The number of fused-ring (bicyclic) bond motifs is 5. The van der Waals surface area contributed by atoms with Crippen LogP contribution in [0.15, 0.2) is 11.6 Å². The van der Waals surface area contributed by atoms with Crippen molar-refractivity contribution in [3.05, 3.63) is 11.6 Å². The van der Waals surface area contributed by atoms with Crippen molar-refractivity contribution < 1.29 is 29.9 Å². The summed E-state index contributed by atoms with van der Waals surface area (Å²) in [4.78, 5) is 0. The molecule has 236 valence electrons. The van der Waals surface area contributed by atoms with Gasteiger partial charge in [0.05, 0.1) is 12.7 Å². The molecule has 0 aromatic heterocycles. The fraction of sp³-hybridized carbons (Fsp3) is 0.943. The topological polar surface area (TPSA) is 99.4 Å². The standard InChI is InChI=1S/C35H60O6/c1-7-22(20(2)3)9-8-21(4)26-12-13-27-25-11-10-23-18-24(14-16-34(23,5)28(25)15-17-35(26,27)6)40-33-32(39)31(38)30(37)29(19-36)41-33/h10,20-22,24-33,36-39H,7-9,11-19H2,1-6H3/t21-,22+,24-,25-,26-,27+,28+,29+,30+,31-,32+,33+,34-,35+/m0/s1. The molecular weight excluding hydrogens is 516 g/mol. The van der Waals surface area contributed by atoms with Gasteiger partial charge in [0.1, 0.15) is 24.4 Å². The molecule has 1 heterocycles. The fourth-order valence-electron chi connectivity index (χ4n) is 10.8. The van der Waals surface area contributed by atoms with Crippen molar-refractivity contribution in [2.75, 3.05) is 6.61 Å². The Hall–Kier alpha value is -0.500. The molecule has 0 spiro atoms. The zero-order chi connectivity index (χ0) is 29.7. The maximum atomic E-state index is 10.5. The lowest BCUT2D eigenvalue weighted by atomic mass is 9.47. The normalized spacial score (nSPS) is 47.7. The molecule has 1 aliphatic heterocycles. The number of aliphatic hydroxyl groups excluding tert-OH is 4. The summed E-state index contributed by atoms with van der Waals surface area (Å²) in [6.07, 6.45) is 9.92. The molecule has 5 rings (SSSR count). The second-order valence-electron chi connectivity index (χ2n) is 15.7. The molecule has 4 fully saturated rings. The molecule has 6 nitrogen and oxygen atoms in total. The molecule has 41 heavy (non-hydrogen) atoms. The number of aliphatic hydroxyl groups is 4. The number of rotatable bonds is 9. The molecule has 0 aromatic rings. The molecule has 14 atom stereocenters. The third kappa shape index (κ3) is 5.73. The van der Waals surface area contributed by atoms with E-state index in [9.17, 15) is 20.4 Å². The second kappa shape index (κ2) is 12.5. The molecule has 4 aliphatic carbocycles. The summed E-state index contributed by atoms with van der Waals surface area (Å²) < 4.78 is 11.9. The smallest absolute Gasteiger partial charge is 0.186 e. The van der Waals surface area contributed by atoms with Gasteiger partial charge in [0.2, 0.25) is 0 Å². The summed E-state index contributed by atoms with van der Waals surface area (Å²) in [5.74, 6) is 5.66. The zero-order valence-corrected chi connectivity index (χ0v) is 26.7. The molecule has 5 aliphatic rings. The quantitative estimate of drug-likeness (QED) is 0.257. The fourth-order valence-corrected chi connectivity index (χ4v) is 10.8. The molecule has 0 radical (unpaired) electrons. The average Bonchev–Trinajstić information content (AvgIpc) is 3.30. The van der Waals surface area contributed by atoms with E-state index < -0.39 is 37.3 Å². The van der Waals surface area contributed by atoms with Gasteiger partial charge in [0.15, 0.2) is 6.29 Å². The van der Waals surface area contributed by atoms with Crippen LogP contribution in [0.1, 0.15) is 112 Å². The first-order chi connectivity index (χ1) is 19.4. The summed E-state index contributed by atoms with van der Waals surface area (Å²) in [7, 11) is 0. The minimum absolute atomic E-state index is 0.101. The SMILES string of the molecule is CC[C@H](CC[C@H](C)[C@@H]1CC[C@@H]2[C@@H]3CC=C4C[C@@H](O[C@@H]5O[C@H](CO)[C@@H](O)[C@H](O)[C@H]5O)CC[C@]4(C)[C@@H]3CC[C@@]21C)C(C)C. The maximum Gasteiger partial charge on any atom is 0.186 e. The highest BCUT2D eigenvalue weighted by atomic mass is 16.7. The lowest BCUT2D eigenvalue weighted by Crippen LogP contribution is -2.60. The molecule has 3 saturated carbocycles. The highest BCUT2D eigenvalue weighted by Crippen LogP contribution is 2.67. The lowest BCUT2D eigenvalue weighted by Gasteiger charge is -2.58. The van der Waals surface area contributed by atoms with Crippen molar-refractivity contribution in [1.82, 2.24) is 0 Å². The van der Waals surface area contributed by atoms with Crippen molar-refractivity contribution >= 4 is 0 Å². The van der Waals surface area contributed by atoms with Gasteiger partial charge >= 0.3 is 0 Å². The minimum atomic E-state index is -1.40. The van der Waals surface area contributed by atoms with Crippen LogP contribution in [0.5, 0.6) is 0 Å². The van der Waals surface area contributed by atoms with E-state index in [0.29, 0.717) is 5.41 Å². The summed E-state index contributed by atoms with van der Waals surface area (Å²) in [6.45, 7) is 14.5. The first kappa shape index (κ1) is 31.9. The van der Waals surface area contributed by atoms with E-state index in [1.807, 2.05) is 0 Å². The molecule has 0 aromatic carbocycles. The Labute approximate surface area is 249 Å². The molecule has 1 saturated heterocycles. The van der Waals surface area contributed by atoms with Gasteiger partial charge in [-0.2, -0.15) is 0 Å². The molecule has 0 amide bonds. The molecular formula is C35H60O6. The van der Waals surface area contributed by atoms with Crippen LogP contribution < -0.4 is 0 Å². The molecule has 4 N–H and O–H groups in total. The predicted molar refractivity (Wildman–Crippen MR) is 161 cm³/mol. The van der Waals surface area contributed by atoms with Gasteiger partial charge in [-0.3, -0.25) is 0 Å². The van der Waals surface area contributed by atoms with Crippen LogP contribution in [0.2, 0.25) is 0 Å². The summed E-state index contributed by atoms with van der Waals surface area (Å²) in [6, 6.07) is 0. The summed E-state index contributed by atoms with van der Waals surface area (Å²) in [5, 5.41) is 40.4. The van der Waals surface area contributed by atoms with E-state index in [1.54, 1.807) is 0 Å². The highest BCUT2D eigenvalue weighted by Gasteiger charge is 2.59. The Morgan fingerprint density at radius 1 is 0.951 bits per heavy atom. The van der Waals surface area contributed by atoms with Gasteiger partial charge in [-0.05, 0) is 110 Å². The molecule has 0 bridgehead atoms. The van der Waals surface area contributed by atoms with Crippen molar-refractivity contribution in [1.29, 1.82) is 0 Å². The van der Waals surface area contributed by atoms with E-state index in [1.165, 1.54) is 56.9 Å². The monoisotopic (exact) mass is 576 g/mol. The predicted octanol–water partition coefficient (Wildman–Crippen LogP) is 5.85. The van der Waals surface area contributed by atoms with E-state index >= 15 is 0 Å². The number of allylic oxidation sites excluding steroid dienone is 1. The van der Waals surface area contributed by atoms with Crippen LogP contribution in [-0.2, 0) is 9.47 Å². The average molecular weight is 577 g/mol. The third-order valence-corrected chi connectivity index (χ3v) is 13.5. The van der Waals surface area contributed by atoms with E-state index in [4.69, 9.17) is 9.47 Å². The van der Waals surface area contributed by atoms with Gasteiger partial charge in [-0.15, -0.1) is 0 Å². The van der Waals surface area contributed by atoms with Crippen molar-refractivity contribution in [3.63, 3.8) is 0 Å². The first-order valence-electron chi connectivity index (χ1n) is 17.1. The van der Waals surface area contributed by atoms with Gasteiger partial charge in [0.25, 0.3) is 0 Å². The van der Waals surface area contributed by atoms with Crippen molar-refractivity contribution in [3.8, 4) is 0 Å². The van der Waals surface area contributed by atoms with E-state index in [-0.39, 0.29) is 11.5 Å².